The van der Waals surface area contributed by atoms with E-state index in [1.165, 1.54) is 12.3 Å². The summed E-state index contributed by atoms with van der Waals surface area (Å²) in [5.41, 5.74) is 2.82. The first-order valence-corrected chi connectivity index (χ1v) is 8.07. The molecule has 0 saturated carbocycles. The number of anilines is 1. The fraction of sp³-hybridized carbons (Fsp3) is 0.176. The normalized spacial score (nSPS) is 10.5. The van der Waals surface area contributed by atoms with Crippen molar-refractivity contribution in [2.24, 2.45) is 0 Å². The number of hydrogen-bond donors (Lipinski definition) is 1. The molecule has 0 saturated heterocycles. The van der Waals surface area contributed by atoms with Crippen LogP contribution in [0.2, 0.25) is 0 Å². The van der Waals surface area contributed by atoms with Gasteiger partial charge < -0.3 is 10.1 Å². The van der Waals surface area contributed by atoms with Gasteiger partial charge in [-0.2, -0.15) is 4.39 Å². The second kappa shape index (κ2) is 7.19. The van der Waals surface area contributed by atoms with Gasteiger partial charge in [0.15, 0.2) is 0 Å². The van der Waals surface area contributed by atoms with E-state index in [1.54, 1.807) is 24.5 Å². The van der Waals surface area contributed by atoms with Crippen molar-refractivity contribution in [3.63, 3.8) is 0 Å². The standard InChI is InChI=1S/C17H16FN3OS/c1-22-15-4-2-12(3-5-15)17-21-14(11-23-17)7-8-19-13-6-9-20-16(18)10-13/h2-6,9-11H,7-8H2,1H3,(H,19,20). The van der Waals surface area contributed by atoms with E-state index in [9.17, 15) is 4.39 Å². The van der Waals surface area contributed by atoms with Gasteiger partial charge >= 0.3 is 0 Å². The van der Waals surface area contributed by atoms with Crippen LogP contribution in [0.25, 0.3) is 10.6 Å². The zero-order valence-electron chi connectivity index (χ0n) is 12.6. The summed E-state index contributed by atoms with van der Waals surface area (Å²) in [4.78, 5) is 8.17. The van der Waals surface area contributed by atoms with Crippen molar-refractivity contribution >= 4 is 17.0 Å². The highest BCUT2D eigenvalue weighted by Crippen LogP contribution is 2.25. The minimum Gasteiger partial charge on any atom is -0.497 e. The lowest BCUT2D eigenvalue weighted by molar-refractivity contribution is 0.415. The Balaban J connectivity index is 1.58. The van der Waals surface area contributed by atoms with Crippen LogP contribution in [0, 0.1) is 5.95 Å². The molecule has 3 aromatic rings. The van der Waals surface area contributed by atoms with Crippen molar-refractivity contribution in [3.8, 4) is 16.3 Å². The number of ether oxygens (including phenoxy) is 1. The summed E-state index contributed by atoms with van der Waals surface area (Å²) in [6, 6.07) is 11.0. The number of halogens is 1. The summed E-state index contributed by atoms with van der Waals surface area (Å²) >= 11 is 1.62. The maximum atomic E-state index is 13.0. The molecule has 0 bridgehead atoms. The van der Waals surface area contributed by atoms with Crippen molar-refractivity contribution in [2.45, 2.75) is 6.42 Å². The van der Waals surface area contributed by atoms with E-state index in [-0.39, 0.29) is 0 Å². The first-order valence-electron chi connectivity index (χ1n) is 7.19. The van der Waals surface area contributed by atoms with Crippen LogP contribution >= 0.6 is 11.3 Å². The molecule has 0 aliphatic heterocycles. The van der Waals surface area contributed by atoms with Crippen LogP contribution in [-0.2, 0) is 6.42 Å². The molecule has 23 heavy (non-hydrogen) atoms. The van der Waals surface area contributed by atoms with E-state index in [0.717, 1.165) is 34.1 Å². The van der Waals surface area contributed by atoms with Gasteiger partial charge in [-0.25, -0.2) is 9.97 Å². The zero-order chi connectivity index (χ0) is 16.1. The Morgan fingerprint density at radius 2 is 2.04 bits per heavy atom. The first kappa shape index (κ1) is 15.4. The molecule has 0 fully saturated rings. The highest BCUT2D eigenvalue weighted by atomic mass is 32.1. The van der Waals surface area contributed by atoms with Gasteiger partial charge in [-0.15, -0.1) is 11.3 Å². The van der Waals surface area contributed by atoms with Crippen molar-refractivity contribution in [1.29, 1.82) is 0 Å². The number of nitrogens with one attached hydrogen (secondary N) is 1. The summed E-state index contributed by atoms with van der Waals surface area (Å²) in [6.07, 6.45) is 2.22. The third kappa shape index (κ3) is 4.04. The topological polar surface area (TPSA) is 47.0 Å². The summed E-state index contributed by atoms with van der Waals surface area (Å²) in [6.45, 7) is 0.690. The molecule has 0 atom stereocenters. The molecule has 0 aliphatic rings. The lowest BCUT2D eigenvalue weighted by Gasteiger charge is -2.04. The third-order valence-corrected chi connectivity index (χ3v) is 4.27. The minimum absolute atomic E-state index is 0.481. The van der Waals surface area contributed by atoms with Gasteiger partial charge in [-0.3, -0.25) is 0 Å². The molecule has 3 rings (SSSR count). The van der Waals surface area contributed by atoms with E-state index in [0.29, 0.717) is 6.54 Å². The average Bonchev–Trinajstić information content (AvgIpc) is 3.04. The van der Waals surface area contributed by atoms with Crippen LogP contribution in [0.4, 0.5) is 10.1 Å². The molecule has 1 aromatic carbocycles. The number of hydrogen-bond acceptors (Lipinski definition) is 5. The van der Waals surface area contributed by atoms with Gasteiger partial charge in [-0.1, -0.05) is 0 Å². The van der Waals surface area contributed by atoms with Crippen LogP contribution in [0.1, 0.15) is 5.69 Å². The predicted octanol–water partition coefficient (Wildman–Crippen LogP) is 4.01. The Hall–Kier alpha value is -2.47. The Morgan fingerprint density at radius 1 is 1.22 bits per heavy atom. The molecule has 2 heterocycles. The molecule has 0 unspecified atom stereocenters. The highest BCUT2D eigenvalue weighted by molar-refractivity contribution is 7.13. The molecule has 2 aromatic heterocycles. The van der Waals surface area contributed by atoms with Gasteiger partial charge in [-0.05, 0) is 30.3 Å². The Morgan fingerprint density at radius 3 is 2.78 bits per heavy atom. The number of nitrogens with zero attached hydrogens (tertiary/aromatic N) is 2. The molecule has 118 valence electrons. The molecule has 0 amide bonds. The molecule has 1 N–H and O–H groups in total. The second-order valence-corrected chi connectivity index (χ2v) is 5.77. The monoisotopic (exact) mass is 329 g/mol. The summed E-state index contributed by atoms with van der Waals surface area (Å²) in [7, 11) is 1.65. The Labute approximate surface area is 138 Å². The van der Waals surface area contributed by atoms with Crippen LogP contribution in [0.3, 0.4) is 0 Å². The summed E-state index contributed by atoms with van der Waals surface area (Å²) in [5.74, 6) is 0.352. The Bertz CT molecular complexity index is 774. The van der Waals surface area contributed by atoms with E-state index < -0.39 is 5.95 Å². The molecular weight excluding hydrogens is 313 g/mol. The number of aromatic nitrogens is 2. The van der Waals surface area contributed by atoms with Gasteiger partial charge in [0.1, 0.15) is 10.8 Å². The smallest absolute Gasteiger partial charge is 0.214 e. The van der Waals surface area contributed by atoms with Gasteiger partial charge in [0, 0.05) is 41.9 Å². The van der Waals surface area contributed by atoms with Crippen molar-refractivity contribution in [1.82, 2.24) is 9.97 Å². The Kier molecular flexibility index (Phi) is 4.83. The maximum Gasteiger partial charge on any atom is 0.214 e. The molecule has 6 heteroatoms. The maximum absolute atomic E-state index is 13.0. The number of benzene rings is 1. The number of methoxy groups -OCH3 is 1. The molecule has 4 nitrogen and oxygen atoms in total. The lowest BCUT2D eigenvalue weighted by Crippen LogP contribution is -2.05. The third-order valence-electron chi connectivity index (χ3n) is 3.33. The fourth-order valence-electron chi connectivity index (χ4n) is 2.14. The van der Waals surface area contributed by atoms with Gasteiger partial charge in [0.25, 0.3) is 0 Å². The van der Waals surface area contributed by atoms with Crippen LogP contribution < -0.4 is 10.1 Å². The highest BCUT2D eigenvalue weighted by Gasteiger charge is 2.05. The van der Waals surface area contributed by atoms with Gasteiger partial charge in [0.2, 0.25) is 5.95 Å². The molecule has 0 spiro atoms. The number of rotatable bonds is 6. The zero-order valence-corrected chi connectivity index (χ0v) is 13.4. The second-order valence-electron chi connectivity index (χ2n) is 4.92. The van der Waals surface area contributed by atoms with Crippen LogP contribution in [-0.4, -0.2) is 23.6 Å². The van der Waals surface area contributed by atoms with Crippen LogP contribution in [0.5, 0.6) is 5.75 Å². The number of thiazole rings is 1. The average molecular weight is 329 g/mol. The van der Waals surface area contributed by atoms with E-state index in [2.05, 4.69) is 15.3 Å². The number of pyridine rings is 1. The molecule has 0 aliphatic carbocycles. The largest absolute Gasteiger partial charge is 0.497 e. The minimum atomic E-state index is -0.481. The fourth-order valence-corrected chi connectivity index (χ4v) is 3.00. The SMILES string of the molecule is COc1ccc(-c2nc(CCNc3ccnc(F)c3)cs2)cc1. The first-order chi connectivity index (χ1) is 11.2. The van der Waals surface area contributed by atoms with Crippen molar-refractivity contribution < 1.29 is 9.13 Å². The van der Waals surface area contributed by atoms with Gasteiger partial charge in [0.05, 0.1) is 12.8 Å². The summed E-state index contributed by atoms with van der Waals surface area (Å²) < 4.78 is 18.1. The van der Waals surface area contributed by atoms with Crippen molar-refractivity contribution in [3.05, 3.63) is 59.6 Å². The molecular formula is C17H16FN3OS. The van der Waals surface area contributed by atoms with Crippen LogP contribution in [0.15, 0.2) is 48.0 Å². The lowest BCUT2D eigenvalue weighted by atomic mass is 10.2. The van der Waals surface area contributed by atoms with E-state index in [4.69, 9.17) is 4.74 Å². The predicted molar refractivity (Wildman–Crippen MR) is 90.5 cm³/mol. The van der Waals surface area contributed by atoms with Crippen molar-refractivity contribution in [2.75, 3.05) is 19.0 Å². The van der Waals surface area contributed by atoms with E-state index in [1.807, 2.05) is 29.6 Å². The summed E-state index contributed by atoms with van der Waals surface area (Å²) in [5, 5.41) is 6.20. The quantitative estimate of drug-likeness (QED) is 0.694. The molecule has 0 radical (unpaired) electrons. The van der Waals surface area contributed by atoms with E-state index >= 15 is 0 Å².